The van der Waals surface area contributed by atoms with E-state index >= 15 is 0 Å². The van der Waals surface area contributed by atoms with Crippen LogP contribution >= 0.6 is 15.9 Å². The Bertz CT molecular complexity index is 622. The van der Waals surface area contributed by atoms with Gasteiger partial charge in [-0.25, -0.2) is 9.97 Å². The van der Waals surface area contributed by atoms with Crippen LogP contribution < -0.4 is 11.1 Å². The molecular formula is C13H13BrN4O. The molecule has 0 spiro atoms. The lowest BCUT2D eigenvalue weighted by Crippen LogP contribution is -2.15. The summed E-state index contributed by atoms with van der Waals surface area (Å²) in [7, 11) is 0. The first-order chi connectivity index (χ1) is 8.95. The Labute approximate surface area is 119 Å². The maximum absolute atomic E-state index is 12.0. The van der Waals surface area contributed by atoms with Gasteiger partial charge in [0.05, 0.1) is 0 Å². The molecule has 0 aliphatic rings. The summed E-state index contributed by atoms with van der Waals surface area (Å²) in [5.74, 6) is 0.0288. The Hall–Kier alpha value is -1.95. The largest absolute Gasteiger partial charge is 0.398 e. The minimum absolute atomic E-state index is 0.272. The number of anilines is 2. The lowest BCUT2D eigenvalue weighted by atomic mass is 10.2. The molecular weight excluding hydrogens is 308 g/mol. The van der Waals surface area contributed by atoms with Crippen molar-refractivity contribution in [1.82, 2.24) is 9.97 Å². The van der Waals surface area contributed by atoms with Crippen molar-refractivity contribution in [1.29, 1.82) is 0 Å². The standard InChI is InChI=1S/C13H13BrN4O/c1-7-5-8(2)17-13(16-7)18-12(19)9-3-4-11(15)10(14)6-9/h3-6H,15H2,1-2H3,(H,16,17,18,19). The number of nitrogens with zero attached hydrogens (tertiary/aromatic N) is 2. The first-order valence-corrected chi connectivity index (χ1v) is 6.43. The summed E-state index contributed by atoms with van der Waals surface area (Å²) in [6, 6.07) is 6.82. The van der Waals surface area contributed by atoms with Gasteiger partial charge in [0.2, 0.25) is 5.95 Å². The highest BCUT2D eigenvalue weighted by Crippen LogP contribution is 2.20. The average Bonchev–Trinajstić information content (AvgIpc) is 2.31. The molecule has 5 nitrogen and oxygen atoms in total. The molecule has 1 amide bonds. The smallest absolute Gasteiger partial charge is 0.258 e. The van der Waals surface area contributed by atoms with E-state index in [1.807, 2.05) is 19.9 Å². The van der Waals surface area contributed by atoms with Crippen LogP contribution in [0.25, 0.3) is 0 Å². The number of carbonyl (C=O) groups is 1. The van der Waals surface area contributed by atoms with E-state index in [2.05, 4.69) is 31.2 Å². The van der Waals surface area contributed by atoms with Gasteiger partial charge < -0.3 is 5.73 Å². The quantitative estimate of drug-likeness (QED) is 0.833. The number of hydrogen-bond acceptors (Lipinski definition) is 4. The van der Waals surface area contributed by atoms with Crippen LogP contribution in [-0.4, -0.2) is 15.9 Å². The Morgan fingerprint density at radius 1 is 1.21 bits per heavy atom. The fourth-order valence-corrected chi connectivity index (χ4v) is 2.00. The number of halogens is 1. The third-order valence-corrected chi connectivity index (χ3v) is 3.16. The van der Waals surface area contributed by atoms with E-state index in [-0.39, 0.29) is 5.91 Å². The van der Waals surface area contributed by atoms with Crippen LogP contribution in [0, 0.1) is 13.8 Å². The van der Waals surface area contributed by atoms with Gasteiger partial charge in [0.25, 0.3) is 5.91 Å². The van der Waals surface area contributed by atoms with Crippen molar-refractivity contribution in [3.63, 3.8) is 0 Å². The second-order valence-corrected chi connectivity index (χ2v) is 5.02. The molecule has 0 saturated carbocycles. The lowest BCUT2D eigenvalue weighted by molar-refractivity contribution is 0.102. The highest BCUT2D eigenvalue weighted by Gasteiger charge is 2.10. The zero-order valence-corrected chi connectivity index (χ0v) is 12.2. The molecule has 3 N–H and O–H groups in total. The van der Waals surface area contributed by atoms with Gasteiger partial charge in [-0.1, -0.05) is 0 Å². The molecule has 0 bridgehead atoms. The predicted molar refractivity (Wildman–Crippen MR) is 78.0 cm³/mol. The topological polar surface area (TPSA) is 80.9 Å². The average molecular weight is 321 g/mol. The first-order valence-electron chi connectivity index (χ1n) is 5.64. The third kappa shape index (κ3) is 3.29. The molecule has 19 heavy (non-hydrogen) atoms. The molecule has 6 heteroatoms. The highest BCUT2D eigenvalue weighted by atomic mass is 79.9. The van der Waals surface area contributed by atoms with Crippen LogP contribution in [0.2, 0.25) is 0 Å². The highest BCUT2D eigenvalue weighted by molar-refractivity contribution is 9.10. The fourth-order valence-electron chi connectivity index (χ4n) is 1.62. The van der Waals surface area contributed by atoms with E-state index in [4.69, 9.17) is 5.73 Å². The monoisotopic (exact) mass is 320 g/mol. The molecule has 0 radical (unpaired) electrons. The Morgan fingerprint density at radius 2 is 1.84 bits per heavy atom. The third-order valence-electron chi connectivity index (χ3n) is 2.47. The van der Waals surface area contributed by atoms with Crippen LogP contribution in [0.3, 0.4) is 0 Å². The summed E-state index contributed by atoms with van der Waals surface area (Å²) in [4.78, 5) is 20.4. The maximum atomic E-state index is 12.0. The van der Waals surface area contributed by atoms with Gasteiger partial charge in [-0.05, 0) is 54.0 Å². The number of nitrogens with one attached hydrogen (secondary N) is 1. The Kier molecular flexibility index (Phi) is 3.80. The van der Waals surface area contributed by atoms with E-state index in [0.717, 1.165) is 11.4 Å². The number of amides is 1. The predicted octanol–water partition coefficient (Wildman–Crippen LogP) is 2.69. The number of nitrogens with two attached hydrogens (primary N) is 1. The molecule has 0 atom stereocenters. The van der Waals surface area contributed by atoms with Crippen LogP contribution in [-0.2, 0) is 0 Å². The van der Waals surface area contributed by atoms with Crippen molar-refractivity contribution in [3.05, 3.63) is 45.7 Å². The summed E-state index contributed by atoms with van der Waals surface area (Å²) in [6.07, 6.45) is 0. The molecule has 1 aromatic heterocycles. The van der Waals surface area contributed by atoms with Gasteiger partial charge in [0, 0.05) is 27.1 Å². The molecule has 1 heterocycles. The molecule has 2 rings (SSSR count). The minimum atomic E-state index is -0.272. The SMILES string of the molecule is Cc1cc(C)nc(NC(=O)c2ccc(N)c(Br)c2)n1. The lowest BCUT2D eigenvalue weighted by Gasteiger charge is -2.06. The van der Waals surface area contributed by atoms with Gasteiger partial charge in [-0.3, -0.25) is 10.1 Å². The number of rotatable bonds is 2. The molecule has 0 fully saturated rings. The molecule has 0 aliphatic carbocycles. The number of aromatic nitrogens is 2. The zero-order valence-electron chi connectivity index (χ0n) is 10.6. The summed E-state index contributed by atoms with van der Waals surface area (Å²) < 4.78 is 0.682. The molecule has 2 aromatic rings. The van der Waals surface area contributed by atoms with E-state index in [1.165, 1.54) is 0 Å². The van der Waals surface area contributed by atoms with Crippen LogP contribution in [0.15, 0.2) is 28.7 Å². The number of nitrogen functional groups attached to an aromatic ring is 1. The van der Waals surface area contributed by atoms with Crippen molar-refractivity contribution in [2.45, 2.75) is 13.8 Å². The van der Waals surface area contributed by atoms with Gasteiger partial charge >= 0.3 is 0 Å². The second-order valence-electron chi connectivity index (χ2n) is 4.16. The van der Waals surface area contributed by atoms with Crippen molar-refractivity contribution < 1.29 is 4.79 Å². The van der Waals surface area contributed by atoms with Crippen molar-refractivity contribution in [3.8, 4) is 0 Å². The zero-order chi connectivity index (χ0) is 14.0. The number of hydrogen-bond donors (Lipinski definition) is 2. The van der Waals surface area contributed by atoms with E-state index in [0.29, 0.717) is 21.7 Å². The maximum Gasteiger partial charge on any atom is 0.258 e. The number of aryl methyl sites for hydroxylation is 2. The van der Waals surface area contributed by atoms with E-state index in [9.17, 15) is 4.79 Å². The normalized spacial score (nSPS) is 10.3. The number of benzene rings is 1. The van der Waals surface area contributed by atoms with Crippen molar-refractivity contribution >= 4 is 33.5 Å². The van der Waals surface area contributed by atoms with Crippen LogP contribution in [0.4, 0.5) is 11.6 Å². The van der Waals surface area contributed by atoms with Crippen LogP contribution in [0.5, 0.6) is 0 Å². The summed E-state index contributed by atoms with van der Waals surface area (Å²) in [5, 5.41) is 2.66. The molecule has 0 aliphatic heterocycles. The molecule has 0 unspecified atom stereocenters. The van der Waals surface area contributed by atoms with E-state index in [1.54, 1.807) is 18.2 Å². The minimum Gasteiger partial charge on any atom is -0.398 e. The molecule has 1 aromatic carbocycles. The first kappa shape index (κ1) is 13.5. The van der Waals surface area contributed by atoms with Crippen LogP contribution in [0.1, 0.15) is 21.7 Å². The number of carbonyl (C=O) groups excluding carboxylic acids is 1. The summed E-state index contributed by atoms with van der Waals surface area (Å²) >= 11 is 3.29. The van der Waals surface area contributed by atoms with Gasteiger partial charge in [-0.15, -0.1) is 0 Å². The van der Waals surface area contributed by atoms with Gasteiger partial charge in [0.1, 0.15) is 0 Å². The molecule has 0 saturated heterocycles. The van der Waals surface area contributed by atoms with Gasteiger partial charge in [0.15, 0.2) is 0 Å². The van der Waals surface area contributed by atoms with Crippen molar-refractivity contribution in [2.24, 2.45) is 0 Å². The summed E-state index contributed by atoms with van der Waals surface area (Å²) in [6.45, 7) is 3.70. The second kappa shape index (κ2) is 5.36. The summed E-state index contributed by atoms with van der Waals surface area (Å²) in [5.41, 5.74) is 8.36. The van der Waals surface area contributed by atoms with E-state index < -0.39 is 0 Å². The fraction of sp³-hybridized carbons (Fsp3) is 0.154. The molecule has 98 valence electrons. The van der Waals surface area contributed by atoms with Gasteiger partial charge in [-0.2, -0.15) is 0 Å². The van der Waals surface area contributed by atoms with Crippen molar-refractivity contribution in [2.75, 3.05) is 11.1 Å². The Morgan fingerprint density at radius 3 is 2.42 bits per heavy atom. The Balaban J connectivity index is 2.22.